The molecule has 3 aliphatic rings. The van der Waals surface area contributed by atoms with E-state index in [1.165, 1.54) is 25.7 Å². The van der Waals surface area contributed by atoms with E-state index in [4.69, 9.17) is 5.73 Å². The zero-order valence-corrected chi connectivity index (χ0v) is 16.3. The first-order valence-electron chi connectivity index (χ1n) is 10.4. The zero-order valence-electron chi connectivity index (χ0n) is 16.3. The van der Waals surface area contributed by atoms with Crippen LogP contribution in [0.1, 0.15) is 44.1 Å². The monoisotopic (exact) mass is 380 g/mol. The molecular weight excluding hydrogens is 352 g/mol. The molecule has 4 N–H and O–H groups in total. The van der Waals surface area contributed by atoms with Crippen molar-refractivity contribution < 1.29 is 9.90 Å². The first-order chi connectivity index (χ1) is 13.5. The maximum absolute atomic E-state index is 12.7. The van der Waals surface area contributed by atoms with E-state index in [1.54, 1.807) is 10.9 Å². The highest BCUT2D eigenvalue weighted by atomic mass is 16.3. The molecule has 3 saturated carbocycles. The van der Waals surface area contributed by atoms with Gasteiger partial charge in [-0.2, -0.15) is 5.10 Å². The molecule has 0 aliphatic heterocycles. The molecule has 1 unspecified atom stereocenters. The predicted molar refractivity (Wildman–Crippen MR) is 107 cm³/mol. The van der Waals surface area contributed by atoms with Crippen LogP contribution in [0.2, 0.25) is 0 Å². The number of nitrogens with two attached hydrogens (primary N) is 1. The second kappa shape index (κ2) is 6.42. The van der Waals surface area contributed by atoms with Crippen molar-refractivity contribution in [2.45, 2.75) is 50.2 Å². The van der Waals surface area contributed by atoms with Gasteiger partial charge in [0.15, 0.2) is 0 Å². The normalized spacial score (nSPS) is 21.6. The van der Waals surface area contributed by atoms with Gasteiger partial charge >= 0.3 is 0 Å². The Bertz CT molecular complexity index is 880. The van der Waals surface area contributed by atoms with Crippen molar-refractivity contribution in [2.75, 3.05) is 5.32 Å². The second-order valence-electron chi connectivity index (χ2n) is 8.91. The van der Waals surface area contributed by atoms with E-state index >= 15 is 0 Å². The minimum absolute atomic E-state index is 0.0786. The third-order valence-corrected chi connectivity index (χ3v) is 6.64. The lowest BCUT2D eigenvalue weighted by atomic mass is 9.89. The number of rotatable bonds is 7. The molecule has 5 rings (SSSR count). The Labute approximate surface area is 165 Å². The van der Waals surface area contributed by atoms with E-state index in [9.17, 15) is 9.90 Å². The van der Waals surface area contributed by atoms with Gasteiger partial charge in [0.25, 0.3) is 0 Å². The van der Waals surface area contributed by atoms with Crippen molar-refractivity contribution in [3.05, 3.63) is 36.0 Å². The molecule has 28 heavy (non-hydrogen) atoms. The molecule has 1 aromatic heterocycles. The van der Waals surface area contributed by atoms with E-state index in [1.807, 2.05) is 31.3 Å². The van der Waals surface area contributed by atoms with Crippen molar-refractivity contribution >= 4 is 11.6 Å². The fraction of sp³-hybridized carbons (Fsp3) is 0.545. The fourth-order valence-corrected chi connectivity index (χ4v) is 4.55. The Hall–Kier alpha value is -2.18. The van der Waals surface area contributed by atoms with Gasteiger partial charge in [-0.05, 0) is 68.4 Å². The Morgan fingerprint density at radius 2 is 1.82 bits per heavy atom. The molecule has 1 heterocycles. The highest BCUT2D eigenvalue weighted by Crippen LogP contribution is 2.50. The number of aliphatic hydroxyl groups is 1. The van der Waals surface area contributed by atoms with Crippen molar-refractivity contribution in [3.63, 3.8) is 0 Å². The maximum Gasteiger partial charge on any atom is 0.241 e. The number of nitrogens with one attached hydrogen (secondary N) is 1. The van der Waals surface area contributed by atoms with Crippen LogP contribution in [-0.4, -0.2) is 26.8 Å². The number of hydrogen-bond acceptors (Lipinski definition) is 4. The van der Waals surface area contributed by atoms with Gasteiger partial charge in [-0.1, -0.05) is 12.1 Å². The third kappa shape index (κ3) is 3.25. The molecule has 3 fully saturated rings. The Morgan fingerprint density at radius 1 is 1.21 bits per heavy atom. The molecular formula is C22H28N4O2. The molecule has 6 nitrogen and oxygen atoms in total. The summed E-state index contributed by atoms with van der Waals surface area (Å²) in [5, 5.41) is 17.8. The number of carbonyl (C=O) groups excluding carboxylic acids is 1. The van der Waals surface area contributed by atoms with Crippen molar-refractivity contribution in [1.82, 2.24) is 9.78 Å². The highest BCUT2D eigenvalue weighted by molar-refractivity contribution is 5.95. The van der Waals surface area contributed by atoms with Gasteiger partial charge in [0.2, 0.25) is 5.91 Å². The Balaban J connectivity index is 1.31. The fourth-order valence-electron chi connectivity index (χ4n) is 4.55. The van der Waals surface area contributed by atoms with Gasteiger partial charge in [0, 0.05) is 23.9 Å². The molecule has 0 bridgehead atoms. The summed E-state index contributed by atoms with van der Waals surface area (Å²) in [5.74, 6) is 1.56. The molecule has 1 amide bonds. The summed E-state index contributed by atoms with van der Waals surface area (Å²) in [5.41, 5.74) is 9.15. The van der Waals surface area contributed by atoms with Gasteiger partial charge in [-0.25, -0.2) is 0 Å². The van der Waals surface area contributed by atoms with Crippen LogP contribution in [0, 0.1) is 17.8 Å². The summed E-state index contributed by atoms with van der Waals surface area (Å²) in [6.07, 6.45) is 8.19. The summed E-state index contributed by atoms with van der Waals surface area (Å²) in [6, 6.07) is 7.31. The summed E-state index contributed by atoms with van der Waals surface area (Å²) in [6.45, 7) is 0. The van der Waals surface area contributed by atoms with Gasteiger partial charge in [0.05, 0.1) is 23.5 Å². The van der Waals surface area contributed by atoms with E-state index in [-0.39, 0.29) is 5.91 Å². The first kappa shape index (κ1) is 17.9. The van der Waals surface area contributed by atoms with Crippen LogP contribution in [0.5, 0.6) is 0 Å². The minimum Gasteiger partial charge on any atom is -0.385 e. The predicted octanol–water partition coefficient (Wildman–Crippen LogP) is 2.77. The van der Waals surface area contributed by atoms with Gasteiger partial charge < -0.3 is 16.2 Å². The standard InChI is InChI=1S/C22H28N4O2/c1-26-20(17(12-24-26)22(28)10-11-22)15-6-8-16(9-7-15)25-21(27)19(23)18(13-2-3-13)14-4-5-14/h6-9,12-14,18-19,28H,2-5,10-11,23H2,1H3,(H,25,27). The van der Waals surface area contributed by atoms with Crippen molar-refractivity contribution in [2.24, 2.45) is 30.5 Å². The molecule has 0 radical (unpaired) electrons. The maximum atomic E-state index is 12.7. The second-order valence-corrected chi connectivity index (χ2v) is 8.91. The molecule has 1 atom stereocenters. The van der Waals surface area contributed by atoms with Crippen LogP contribution < -0.4 is 11.1 Å². The summed E-state index contributed by atoms with van der Waals surface area (Å²) < 4.78 is 1.80. The lowest BCUT2D eigenvalue weighted by molar-refractivity contribution is -0.118. The highest BCUT2D eigenvalue weighted by Gasteiger charge is 2.47. The van der Waals surface area contributed by atoms with Crippen LogP contribution in [0.15, 0.2) is 30.5 Å². The average molecular weight is 380 g/mol. The lowest BCUT2D eigenvalue weighted by Crippen LogP contribution is -2.43. The van der Waals surface area contributed by atoms with Gasteiger partial charge in [-0.15, -0.1) is 0 Å². The first-order valence-corrected chi connectivity index (χ1v) is 10.4. The molecule has 0 spiro atoms. The third-order valence-electron chi connectivity index (χ3n) is 6.64. The average Bonchev–Trinajstić information content (AvgIpc) is 3.54. The van der Waals surface area contributed by atoms with E-state index in [0.717, 1.165) is 35.3 Å². The number of amides is 1. The molecule has 2 aromatic rings. The van der Waals surface area contributed by atoms with E-state index in [0.29, 0.717) is 17.8 Å². The minimum atomic E-state index is -0.732. The molecule has 1 aromatic carbocycles. The quantitative estimate of drug-likeness (QED) is 0.689. The van der Waals surface area contributed by atoms with Crippen LogP contribution in [-0.2, 0) is 17.4 Å². The van der Waals surface area contributed by atoms with Crippen LogP contribution >= 0.6 is 0 Å². The van der Waals surface area contributed by atoms with E-state index < -0.39 is 11.6 Å². The van der Waals surface area contributed by atoms with E-state index in [2.05, 4.69) is 10.4 Å². The summed E-state index contributed by atoms with van der Waals surface area (Å²) in [7, 11) is 1.88. The molecule has 0 saturated heterocycles. The number of nitrogens with zero attached hydrogens (tertiary/aromatic N) is 2. The molecule has 3 aliphatic carbocycles. The zero-order chi connectivity index (χ0) is 19.5. The van der Waals surface area contributed by atoms with Crippen molar-refractivity contribution in [3.8, 4) is 11.3 Å². The number of aryl methyl sites for hydroxylation is 1. The largest absolute Gasteiger partial charge is 0.385 e. The van der Waals surface area contributed by atoms with Gasteiger partial charge in [-0.3, -0.25) is 9.48 Å². The smallest absolute Gasteiger partial charge is 0.241 e. The molecule has 6 heteroatoms. The number of aromatic nitrogens is 2. The lowest BCUT2D eigenvalue weighted by Gasteiger charge is -2.23. The number of hydrogen-bond donors (Lipinski definition) is 3. The van der Waals surface area contributed by atoms with Crippen LogP contribution in [0.4, 0.5) is 5.69 Å². The number of carbonyl (C=O) groups is 1. The van der Waals surface area contributed by atoms with Crippen LogP contribution in [0.25, 0.3) is 11.3 Å². The topological polar surface area (TPSA) is 93.2 Å². The van der Waals surface area contributed by atoms with Crippen molar-refractivity contribution in [1.29, 1.82) is 0 Å². The van der Waals surface area contributed by atoms with Gasteiger partial charge in [0.1, 0.15) is 0 Å². The number of anilines is 1. The SMILES string of the molecule is Cn1ncc(C2(O)CC2)c1-c1ccc(NC(=O)C(N)C(C2CC2)C2CC2)cc1. The summed E-state index contributed by atoms with van der Waals surface area (Å²) in [4.78, 5) is 12.7. The van der Waals surface area contributed by atoms with Crippen LogP contribution in [0.3, 0.4) is 0 Å². The molecule has 148 valence electrons. The Kier molecular flexibility index (Phi) is 4.10. The Morgan fingerprint density at radius 3 is 2.36 bits per heavy atom. The number of benzene rings is 1. The summed E-state index contributed by atoms with van der Waals surface area (Å²) >= 11 is 0.